The van der Waals surface area contributed by atoms with Crippen LogP contribution in [0.4, 0.5) is 4.79 Å². The molecule has 0 unspecified atom stereocenters. The number of hydrogen-bond acceptors (Lipinski definition) is 4. The van der Waals surface area contributed by atoms with Gasteiger partial charge in [0.15, 0.2) is 0 Å². The van der Waals surface area contributed by atoms with Gasteiger partial charge in [0.25, 0.3) is 0 Å². The number of nitrogens with one attached hydrogen (secondary N) is 1. The molecular weight excluding hydrogens is 230 g/mol. The summed E-state index contributed by atoms with van der Waals surface area (Å²) >= 11 is 0. The van der Waals surface area contributed by atoms with Crippen LogP contribution < -0.4 is 11.1 Å². The Morgan fingerprint density at radius 1 is 1.44 bits per heavy atom. The Morgan fingerprint density at radius 2 is 2.17 bits per heavy atom. The van der Waals surface area contributed by atoms with Gasteiger partial charge in [-0.05, 0) is 5.56 Å². The fraction of sp³-hybridized carbons (Fsp3) is 0.462. The molecule has 18 heavy (non-hydrogen) atoms. The summed E-state index contributed by atoms with van der Waals surface area (Å²) in [5.74, 6) is 0. The van der Waals surface area contributed by atoms with E-state index in [-0.39, 0.29) is 12.1 Å². The maximum Gasteiger partial charge on any atom is 0.407 e. The van der Waals surface area contributed by atoms with Crippen molar-refractivity contribution >= 4 is 6.09 Å². The summed E-state index contributed by atoms with van der Waals surface area (Å²) in [6.07, 6.45) is -0.419. The van der Waals surface area contributed by atoms with Gasteiger partial charge in [0.05, 0.1) is 13.2 Å². The van der Waals surface area contributed by atoms with Gasteiger partial charge in [-0.3, -0.25) is 4.90 Å². The number of methoxy groups -OCH3 is 1. The van der Waals surface area contributed by atoms with E-state index in [1.54, 1.807) is 0 Å². The second-order valence-corrected chi connectivity index (χ2v) is 4.59. The quantitative estimate of drug-likeness (QED) is 0.821. The highest BCUT2D eigenvalue weighted by Crippen LogP contribution is 2.13. The van der Waals surface area contributed by atoms with E-state index in [0.29, 0.717) is 0 Å². The summed E-state index contributed by atoms with van der Waals surface area (Å²) in [6, 6.07) is 10.1. The van der Waals surface area contributed by atoms with Gasteiger partial charge in [-0.2, -0.15) is 0 Å². The molecule has 0 radical (unpaired) electrons. The van der Waals surface area contributed by atoms with Crippen molar-refractivity contribution in [1.29, 1.82) is 0 Å². The molecule has 1 saturated heterocycles. The van der Waals surface area contributed by atoms with Crippen LogP contribution in [0.2, 0.25) is 0 Å². The minimum atomic E-state index is -0.419. The van der Waals surface area contributed by atoms with Crippen molar-refractivity contribution in [3.05, 3.63) is 35.9 Å². The molecule has 98 valence electrons. The number of likely N-dealkylation sites (tertiary alicyclic amines) is 1. The second-order valence-electron chi connectivity index (χ2n) is 4.59. The normalized spacial score (nSPS) is 23.9. The highest BCUT2D eigenvalue weighted by Gasteiger charge is 2.31. The first kappa shape index (κ1) is 12.9. The monoisotopic (exact) mass is 249 g/mol. The highest BCUT2D eigenvalue weighted by atomic mass is 16.5. The zero-order valence-corrected chi connectivity index (χ0v) is 10.5. The largest absolute Gasteiger partial charge is 0.453 e. The molecule has 1 aliphatic heterocycles. The summed E-state index contributed by atoms with van der Waals surface area (Å²) in [7, 11) is 1.36. The standard InChI is InChI=1S/C13H19N3O2/c1-18-13(17)15-12-9-16(8-11(12)14)7-10-5-3-2-4-6-10/h2-6,11-12H,7-9,14H2,1H3,(H,15,17)/t11-,12+/m1/s1. The predicted octanol–water partition coefficient (Wildman–Crippen LogP) is 0.554. The van der Waals surface area contributed by atoms with Crippen LogP contribution in [-0.4, -0.2) is 43.3 Å². The molecule has 0 aliphatic carbocycles. The topological polar surface area (TPSA) is 67.6 Å². The lowest BCUT2D eigenvalue weighted by molar-refractivity contribution is 0.165. The number of rotatable bonds is 3. The van der Waals surface area contributed by atoms with Crippen molar-refractivity contribution in [2.24, 2.45) is 5.73 Å². The van der Waals surface area contributed by atoms with E-state index in [9.17, 15) is 4.79 Å². The highest BCUT2D eigenvalue weighted by molar-refractivity contribution is 5.67. The number of alkyl carbamates (subject to hydrolysis) is 1. The summed E-state index contributed by atoms with van der Waals surface area (Å²) < 4.78 is 4.59. The number of nitrogens with zero attached hydrogens (tertiary/aromatic N) is 1. The molecule has 1 aromatic rings. The lowest BCUT2D eigenvalue weighted by Gasteiger charge is -2.16. The van der Waals surface area contributed by atoms with E-state index in [4.69, 9.17) is 5.73 Å². The van der Waals surface area contributed by atoms with Crippen LogP contribution in [0.1, 0.15) is 5.56 Å². The zero-order chi connectivity index (χ0) is 13.0. The van der Waals surface area contributed by atoms with E-state index in [1.165, 1.54) is 12.7 Å². The Morgan fingerprint density at radius 3 is 2.83 bits per heavy atom. The number of carbonyl (C=O) groups is 1. The predicted molar refractivity (Wildman–Crippen MR) is 69.0 cm³/mol. The molecular formula is C13H19N3O2. The van der Waals surface area contributed by atoms with Gasteiger partial charge in [-0.15, -0.1) is 0 Å². The van der Waals surface area contributed by atoms with Gasteiger partial charge < -0.3 is 15.8 Å². The van der Waals surface area contributed by atoms with Gasteiger partial charge in [0, 0.05) is 25.7 Å². The molecule has 1 aliphatic rings. The van der Waals surface area contributed by atoms with E-state index in [1.807, 2.05) is 18.2 Å². The first-order valence-electron chi connectivity index (χ1n) is 6.05. The summed E-state index contributed by atoms with van der Waals surface area (Å²) in [5, 5.41) is 2.77. The van der Waals surface area contributed by atoms with Crippen LogP contribution >= 0.6 is 0 Å². The van der Waals surface area contributed by atoms with Gasteiger partial charge in [-0.1, -0.05) is 30.3 Å². The average Bonchev–Trinajstić information content (AvgIpc) is 2.70. The zero-order valence-electron chi connectivity index (χ0n) is 10.5. The Balaban J connectivity index is 1.88. The van der Waals surface area contributed by atoms with Crippen LogP contribution in [-0.2, 0) is 11.3 Å². The minimum absolute atomic E-state index is 0.0406. The molecule has 0 saturated carbocycles. The number of nitrogens with two attached hydrogens (primary N) is 1. The van der Waals surface area contributed by atoms with Crippen molar-refractivity contribution in [3.8, 4) is 0 Å². The van der Waals surface area contributed by atoms with Crippen LogP contribution in [0.15, 0.2) is 30.3 Å². The third kappa shape index (κ3) is 3.21. The number of carbonyl (C=O) groups excluding carboxylic acids is 1. The van der Waals surface area contributed by atoms with Crippen LogP contribution in [0.3, 0.4) is 0 Å². The number of hydrogen-bond donors (Lipinski definition) is 2. The van der Waals surface area contributed by atoms with Crippen molar-refractivity contribution < 1.29 is 9.53 Å². The third-order valence-electron chi connectivity index (χ3n) is 3.18. The summed E-state index contributed by atoms with van der Waals surface area (Å²) in [6.45, 7) is 2.39. The Labute approximate surface area is 107 Å². The van der Waals surface area contributed by atoms with E-state index < -0.39 is 6.09 Å². The molecule has 1 amide bonds. The number of ether oxygens (including phenoxy) is 1. The average molecular weight is 249 g/mol. The maximum absolute atomic E-state index is 11.2. The first-order valence-corrected chi connectivity index (χ1v) is 6.05. The van der Waals surface area contributed by atoms with E-state index in [2.05, 4.69) is 27.1 Å². The van der Waals surface area contributed by atoms with Gasteiger partial charge in [0.2, 0.25) is 0 Å². The van der Waals surface area contributed by atoms with Crippen LogP contribution in [0, 0.1) is 0 Å². The first-order chi connectivity index (χ1) is 8.69. The summed E-state index contributed by atoms with van der Waals surface area (Å²) in [5.41, 5.74) is 7.27. The number of benzene rings is 1. The van der Waals surface area contributed by atoms with E-state index in [0.717, 1.165) is 19.6 Å². The molecule has 1 aromatic carbocycles. The second kappa shape index (κ2) is 5.84. The molecule has 0 bridgehead atoms. The fourth-order valence-corrected chi connectivity index (χ4v) is 2.25. The minimum Gasteiger partial charge on any atom is -0.453 e. The van der Waals surface area contributed by atoms with Gasteiger partial charge in [-0.25, -0.2) is 4.79 Å². The maximum atomic E-state index is 11.2. The van der Waals surface area contributed by atoms with Gasteiger partial charge in [0.1, 0.15) is 0 Å². The SMILES string of the molecule is COC(=O)N[C@H]1CN(Cc2ccccc2)C[C@H]1N. The smallest absolute Gasteiger partial charge is 0.407 e. The molecule has 1 fully saturated rings. The lowest BCUT2D eigenvalue weighted by atomic mass is 10.2. The molecule has 2 rings (SSSR count). The van der Waals surface area contributed by atoms with Gasteiger partial charge >= 0.3 is 6.09 Å². The molecule has 0 spiro atoms. The van der Waals surface area contributed by atoms with Crippen LogP contribution in [0.25, 0.3) is 0 Å². The van der Waals surface area contributed by atoms with Crippen molar-refractivity contribution in [2.45, 2.75) is 18.6 Å². The van der Waals surface area contributed by atoms with Crippen molar-refractivity contribution in [2.75, 3.05) is 20.2 Å². The fourth-order valence-electron chi connectivity index (χ4n) is 2.25. The molecule has 5 heteroatoms. The van der Waals surface area contributed by atoms with Crippen molar-refractivity contribution in [1.82, 2.24) is 10.2 Å². The Bertz CT molecular complexity index is 396. The third-order valence-corrected chi connectivity index (χ3v) is 3.18. The Hall–Kier alpha value is -1.59. The Kier molecular flexibility index (Phi) is 4.17. The van der Waals surface area contributed by atoms with Crippen molar-refractivity contribution in [3.63, 3.8) is 0 Å². The molecule has 3 N–H and O–H groups in total. The number of amides is 1. The van der Waals surface area contributed by atoms with Crippen LogP contribution in [0.5, 0.6) is 0 Å². The molecule has 5 nitrogen and oxygen atoms in total. The molecule has 1 heterocycles. The molecule has 0 aromatic heterocycles. The lowest BCUT2D eigenvalue weighted by Crippen LogP contribution is -2.46. The van der Waals surface area contributed by atoms with E-state index >= 15 is 0 Å². The summed E-state index contributed by atoms with van der Waals surface area (Å²) in [4.78, 5) is 13.4. The molecule has 2 atom stereocenters.